The summed E-state index contributed by atoms with van der Waals surface area (Å²) in [5.41, 5.74) is 1.25. The molecule has 0 heterocycles. The molecule has 2 aromatic carbocycles. The van der Waals surface area contributed by atoms with Gasteiger partial charge in [-0.05, 0) is 49.7 Å². The van der Waals surface area contributed by atoms with E-state index in [-0.39, 0.29) is 13.0 Å². The van der Waals surface area contributed by atoms with E-state index < -0.39 is 27.9 Å². The Morgan fingerprint density at radius 3 is 2.14 bits per heavy atom. The Morgan fingerprint density at radius 1 is 1.04 bits per heavy atom. The summed E-state index contributed by atoms with van der Waals surface area (Å²) >= 11 is 0. The van der Waals surface area contributed by atoms with Crippen molar-refractivity contribution in [2.24, 2.45) is 0 Å². The van der Waals surface area contributed by atoms with Crippen molar-refractivity contribution >= 4 is 33.3 Å². The smallest absolute Gasteiger partial charge is 0.338 e. The first-order valence-electron chi connectivity index (χ1n) is 8.90. The minimum absolute atomic E-state index is 0.274. The Kier molecular flexibility index (Phi) is 7.17. The van der Waals surface area contributed by atoms with Crippen molar-refractivity contribution in [2.75, 3.05) is 22.5 Å². The zero-order chi connectivity index (χ0) is 20.7. The molecule has 0 bridgehead atoms. The molecule has 0 saturated carbocycles. The number of hydrogen-bond donors (Lipinski definition) is 1. The molecule has 0 aliphatic carbocycles. The van der Waals surface area contributed by atoms with Gasteiger partial charge in [0.2, 0.25) is 15.9 Å². The lowest BCUT2D eigenvalue weighted by Crippen LogP contribution is -2.46. The molecule has 2 aromatic rings. The van der Waals surface area contributed by atoms with Gasteiger partial charge in [0, 0.05) is 5.69 Å². The third kappa shape index (κ3) is 5.32. The van der Waals surface area contributed by atoms with Crippen molar-refractivity contribution in [2.45, 2.75) is 26.3 Å². The second-order valence-electron chi connectivity index (χ2n) is 6.11. The van der Waals surface area contributed by atoms with Gasteiger partial charge in [-0.15, -0.1) is 0 Å². The summed E-state index contributed by atoms with van der Waals surface area (Å²) in [4.78, 5) is 24.5. The van der Waals surface area contributed by atoms with Crippen LogP contribution in [0.5, 0.6) is 0 Å². The van der Waals surface area contributed by atoms with E-state index in [1.165, 1.54) is 0 Å². The molecule has 0 unspecified atom stereocenters. The first-order chi connectivity index (χ1) is 13.3. The van der Waals surface area contributed by atoms with Gasteiger partial charge in [0.05, 0.1) is 24.1 Å². The highest BCUT2D eigenvalue weighted by atomic mass is 32.2. The van der Waals surface area contributed by atoms with Gasteiger partial charge < -0.3 is 10.1 Å². The second kappa shape index (κ2) is 9.36. The molecule has 0 fully saturated rings. The normalized spacial score (nSPS) is 12.1. The Hall–Kier alpha value is -2.87. The highest BCUT2D eigenvalue weighted by Gasteiger charge is 2.31. The van der Waals surface area contributed by atoms with Crippen LogP contribution in [0.15, 0.2) is 54.6 Å². The van der Waals surface area contributed by atoms with Crippen molar-refractivity contribution < 1.29 is 22.7 Å². The molecule has 0 aliphatic heterocycles. The van der Waals surface area contributed by atoms with Crippen molar-refractivity contribution in [1.29, 1.82) is 0 Å². The number of sulfonamides is 1. The first kappa shape index (κ1) is 21.4. The summed E-state index contributed by atoms with van der Waals surface area (Å²) in [5, 5.41) is 2.72. The number of nitrogens with zero attached hydrogens (tertiary/aromatic N) is 1. The van der Waals surface area contributed by atoms with Gasteiger partial charge in [0.1, 0.15) is 6.04 Å². The fourth-order valence-corrected chi connectivity index (χ4v) is 3.98. The van der Waals surface area contributed by atoms with Crippen LogP contribution in [0.3, 0.4) is 0 Å². The molecule has 1 atom stereocenters. The minimum atomic E-state index is -3.68. The Balaban J connectivity index is 2.23. The van der Waals surface area contributed by atoms with Gasteiger partial charge in [-0.25, -0.2) is 13.2 Å². The van der Waals surface area contributed by atoms with E-state index in [0.29, 0.717) is 16.9 Å². The number of benzene rings is 2. The van der Waals surface area contributed by atoms with Crippen molar-refractivity contribution in [3.8, 4) is 0 Å². The van der Waals surface area contributed by atoms with Gasteiger partial charge in [-0.3, -0.25) is 9.10 Å². The average molecular weight is 404 g/mol. The summed E-state index contributed by atoms with van der Waals surface area (Å²) in [6, 6.07) is 13.8. The maximum absolute atomic E-state index is 12.8. The van der Waals surface area contributed by atoms with Crippen LogP contribution in [0.4, 0.5) is 11.4 Å². The lowest BCUT2D eigenvalue weighted by atomic mass is 10.1. The second-order valence-corrected chi connectivity index (χ2v) is 7.96. The first-order valence-corrected chi connectivity index (χ1v) is 10.7. The third-order valence-electron chi connectivity index (χ3n) is 4.00. The largest absolute Gasteiger partial charge is 0.462 e. The molecule has 0 radical (unpaired) electrons. The number of ether oxygens (including phenoxy) is 1. The summed E-state index contributed by atoms with van der Waals surface area (Å²) in [5.74, 6) is -0.903. The quantitative estimate of drug-likeness (QED) is 0.683. The number of rotatable bonds is 8. The number of amides is 1. The van der Waals surface area contributed by atoms with Crippen LogP contribution in [0, 0.1) is 0 Å². The number of esters is 1. The van der Waals surface area contributed by atoms with Crippen LogP contribution < -0.4 is 9.62 Å². The van der Waals surface area contributed by atoms with Gasteiger partial charge in [0.15, 0.2) is 0 Å². The highest BCUT2D eigenvalue weighted by molar-refractivity contribution is 7.92. The van der Waals surface area contributed by atoms with Crippen LogP contribution in [-0.2, 0) is 19.6 Å². The summed E-state index contributed by atoms with van der Waals surface area (Å²) in [6.07, 6.45) is 1.36. The molecule has 1 amide bonds. The summed E-state index contributed by atoms with van der Waals surface area (Å²) in [7, 11) is -3.68. The average Bonchev–Trinajstić information content (AvgIpc) is 2.66. The van der Waals surface area contributed by atoms with E-state index in [0.717, 1.165) is 10.6 Å². The third-order valence-corrected chi connectivity index (χ3v) is 5.18. The van der Waals surface area contributed by atoms with E-state index in [4.69, 9.17) is 4.74 Å². The van der Waals surface area contributed by atoms with Crippen LogP contribution in [0.25, 0.3) is 0 Å². The molecule has 0 spiro atoms. The lowest BCUT2D eigenvalue weighted by Gasteiger charge is -2.30. The Labute approximate surface area is 165 Å². The number of para-hydroxylation sites is 1. The van der Waals surface area contributed by atoms with E-state index in [9.17, 15) is 18.0 Å². The summed E-state index contributed by atoms with van der Waals surface area (Å²) < 4.78 is 30.8. The van der Waals surface area contributed by atoms with Gasteiger partial charge in [-0.2, -0.15) is 0 Å². The number of carbonyl (C=O) groups excluding carboxylic acids is 2. The molecule has 0 aliphatic rings. The number of hydrogen-bond acceptors (Lipinski definition) is 5. The molecular weight excluding hydrogens is 380 g/mol. The van der Waals surface area contributed by atoms with E-state index in [2.05, 4.69) is 5.32 Å². The molecule has 8 heteroatoms. The summed E-state index contributed by atoms with van der Waals surface area (Å²) in [6.45, 7) is 3.74. The topological polar surface area (TPSA) is 92.8 Å². The SMILES string of the molecule is CCOC(=O)c1ccc(NC(=O)[C@H](CC)N(c2ccccc2)S(C)(=O)=O)cc1. The predicted molar refractivity (Wildman–Crippen MR) is 109 cm³/mol. The standard InChI is InChI=1S/C20H24N2O5S/c1-4-18(22(28(3,25)26)17-9-7-6-8-10-17)19(23)21-16-13-11-15(12-14-16)20(24)27-5-2/h6-14,18H,4-5H2,1-3H3,(H,21,23)/t18-/m0/s1. The Morgan fingerprint density at radius 2 is 1.64 bits per heavy atom. The van der Waals surface area contributed by atoms with E-state index >= 15 is 0 Å². The molecule has 1 N–H and O–H groups in total. The Bertz CT molecular complexity index is 911. The van der Waals surface area contributed by atoms with Crippen molar-refractivity contribution in [3.63, 3.8) is 0 Å². The van der Waals surface area contributed by atoms with Crippen LogP contribution in [0.1, 0.15) is 30.6 Å². The molecule has 7 nitrogen and oxygen atoms in total. The number of carbonyl (C=O) groups is 2. The van der Waals surface area contributed by atoms with Crippen LogP contribution in [0.2, 0.25) is 0 Å². The maximum atomic E-state index is 12.8. The fraction of sp³-hybridized carbons (Fsp3) is 0.300. The van der Waals surface area contributed by atoms with Gasteiger partial charge >= 0.3 is 5.97 Å². The highest BCUT2D eigenvalue weighted by Crippen LogP contribution is 2.23. The molecule has 2 rings (SSSR count). The lowest BCUT2D eigenvalue weighted by molar-refractivity contribution is -0.117. The van der Waals surface area contributed by atoms with Crippen molar-refractivity contribution in [1.82, 2.24) is 0 Å². The number of nitrogens with one attached hydrogen (secondary N) is 1. The minimum Gasteiger partial charge on any atom is -0.462 e. The molecule has 0 aromatic heterocycles. The molecular formula is C20H24N2O5S. The molecule has 150 valence electrons. The van der Waals surface area contributed by atoms with E-state index in [1.807, 2.05) is 0 Å². The van der Waals surface area contributed by atoms with Crippen molar-refractivity contribution in [3.05, 3.63) is 60.2 Å². The number of anilines is 2. The monoisotopic (exact) mass is 404 g/mol. The van der Waals surface area contributed by atoms with Crippen LogP contribution in [-0.4, -0.2) is 39.2 Å². The van der Waals surface area contributed by atoms with E-state index in [1.54, 1.807) is 68.4 Å². The zero-order valence-corrected chi connectivity index (χ0v) is 16.9. The fourth-order valence-electron chi connectivity index (χ4n) is 2.76. The zero-order valence-electron chi connectivity index (χ0n) is 16.1. The maximum Gasteiger partial charge on any atom is 0.338 e. The predicted octanol–water partition coefficient (Wildman–Crippen LogP) is 3.05. The molecule has 0 saturated heterocycles. The van der Waals surface area contributed by atoms with Gasteiger partial charge in [-0.1, -0.05) is 25.1 Å². The molecule has 28 heavy (non-hydrogen) atoms. The van der Waals surface area contributed by atoms with Crippen LogP contribution >= 0.6 is 0 Å². The van der Waals surface area contributed by atoms with Gasteiger partial charge in [0.25, 0.3) is 0 Å².